The highest BCUT2D eigenvalue weighted by Gasteiger charge is 2.28. The fraction of sp³-hybridized carbons (Fsp3) is 0.611. The number of nitrogens with one attached hydrogen (secondary N) is 2. The summed E-state index contributed by atoms with van der Waals surface area (Å²) in [7, 11) is 0. The van der Waals surface area contributed by atoms with Crippen LogP contribution in [0.15, 0.2) is 24.4 Å². The Kier molecular flexibility index (Phi) is 5.86. The number of urea groups is 1. The second-order valence-electron chi connectivity index (χ2n) is 6.74. The van der Waals surface area contributed by atoms with Crippen molar-refractivity contribution in [2.24, 2.45) is 0 Å². The second-order valence-corrected chi connectivity index (χ2v) is 6.74. The van der Waals surface area contributed by atoms with Gasteiger partial charge in [-0.2, -0.15) is 0 Å². The van der Waals surface area contributed by atoms with Gasteiger partial charge < -0.3 is 15.5 Å². The van der Waals surface area contributed by atoms with Crippen molar-refractivity contribution in [3.63, 3.8) is 0 Å². The van der Waals surface area contributed by atoms with Crippen molar-refractivity contribution < 1.29 is 9.59 Å². The highest BCUT2D eigenvalue weighted by atomic mass is 16.2. The van der Waals surface area contributed by atoms with Gasteiger partial charge in [-0.25, -0.2) is 4.79 Å². The molecule has 0 aromatic carbocycles. The summed E-state index contributed by atoms with van der Waals surface area (Å²) in [6, 6.07) is 5.66. The van der Waals surface area contributed by atoms with E-state index in [1.165, 1.54) is 0 Å². The number of carbonyl (C=O) groups is 2. The summed E-state index contributed by atoms with van der Waals surface area (Å²) in [5.74, 6) is -0.0618. The number of aromatic nitrogens is 1. The Morgan fingerprint density at radius 2 is 2.08 bits per heavy atom. The molecule has 3 heterocycles. The second kappa shape index (κ2) is 8.29. The Bertz CT molecular complexity index is 586. The first-order chi connectivity index (χ1) is 12.1. The molecule has 2 atom stereocenters. The number of piperazine rings is 1. The van der Waals surface area contributed by atoms with Crippen LogP contribution in [0.1, 0.15) is 37.9 Å². The maximum atomic E-state index is 12.5. The van der Waals surface area contributed by atoms with Gasteiger partial charge in [0.1, 0.15) is 6.04 Å². The molecule has 136 valence electrons. The molecule has 2 aliphatic rings. The third-order valence-corrected chi connectivity index (χ3v) is 5.10. The summed E-state index contributed by atoms with van der Waals surface area (Å²) in [4.78, 5) is 33.0. The molecule has 0 aliphatic carbocycles. The lowest BCUT2D eigenvalue weighted by molar-refractivity contribution is -0.122. The molecular formula is C18H27N5O2. The number of hydrogen-bond donors (Lipinski definition) is 2. The zero-order valence-corrected chi connectivity index (χ0v) is 14.8. The zero-order chi connectivity index (χ0) is 17.6. The Morgan fingerprint density at radius 1 is 1.28 bits per heavy atom. The van der Waals surface area contributed by atoms with E-state index in [2.05, 4.69) is 27.4 Å². The van der Waals surface area contributed by atoms with Gasteiger partial charge in [0.2, 0.25) is 5.91 Å². The van der Waals surface area contributed by atoms with E-state index in [9.17, 15) is 9.59 Å². The van der Waals surface area contributed by atoms with Crippen LogP contribution in [0.3, 0.4) is 0 Å². The van der Waals surface area contributed by atoms with Gasteiger partial charge >= 0.3 is 6.03 Å². The van der Waals surface area contributed by atoms with E-state index in [4.69, 9.17) is 0 Å². The minimum atomic E-state index is -0.402. The Hall–Kier alpha value is -2.15. The first kappa shape index (κ1) is 17.7. The largest absolute Gasteiger partial charge is 0.354 e. The van der Waals surface area contributed by atoms with Gasteiger partial charge in [-0.3, -0.25) is 14.7 Å². The maximum absolute atomic E-state index is 12.5. The molecule has 25 heavy (non-hydrogen) atoms. The van der Waals surface area contributed by atoms with Crippen LogP contribution in [0.25, 0.3) is 0 Å². The Morgan fingerprint density at radius 3 is 2.80 bits per heavy atom. The molecule has 7 nitrogen and oxygen atoms in total. The van der Waals surface area contributed by atoms with Crippen molar-refractivity contribution in [2.45, 2.75) is 38.3 Å². The van der Waals surface area contributed by atoms with Crippen LogP contribution in [0.2, 0.25) is 0 Å². The van der Waals surface area contributed by atoms with Crippen LogP contribution in [0.5, 0.6) is 0 Å². The lowest BCUT2D eigenvalue weighted by atomic mass is 10.1. The summed E-state index contributed by atoms with van der Waals surface area (Å²) >= 11 is 0. The SMILES string of the molecule is CC(c1ccccn1)N1CCN(C(=O)NC2CCCCNC2=O)CC1. The fourth-order valence-corrected chi connectivity index (χ4v) is 3.44. The number of carbonyl (C=O) groups excluding carboxylic acids is 2. The molecule has 2 fully saturated rings. The standard InChI is InChI=1S/C18H27N5O2/c1-14(15-6-2-4-8-19-15)22-10-12-23(13-11-22)18(25)21-16-7-3-5-9-20-17(16)24/h2,4,6,8,14,16H,3,5,7,9-13H2,1H3,(H,20,24)(H,21,25). The van der Waals surface area contributed by atoms with Crippen molar-refractivity contribution in [3.05, 3.63) is 30.1 Å². The third-order valence-electron chi connectivity index (χ3n) is 5.10. The van der Waals surface area contributed by atoms with Gasteiger partial charge in [0, 0.05) is 45.0 Å². The molecule has 2 saturated heterocycles. The van der Waals surface area contributed by atoms with Gasteiger partial charge in [0.05, 0.1) is 5.69 Å². The molecule has 3 amide bonds. The average molecular weight is 345 g/mol. The van der Waals surface area contributed by atoms with Crippen LogP contribution in [-0.2, 0) is 4.79 Å². The lowest BCUT2D eigenvalue weighted by Gasteiger charge is -2.38. The molecule has 2 N–H and O–H groups in total. The highest BCUT2D eigenvalue weighted by Crippen LogP contribution is 2.19. The molecule has 0 saturated carbocycles. The van der Waals surface area contributed by atoms with Gasteiger partial charge in [0.15, 0.2) is 0 Å². The van der Waals surface area contributed by atoms with Crippen LogP contribution < -0.4 is 10.6 Å². The number of pyridine rings is 1. The highest BCUT2D eigenvalue weighted by molar-refractivity contribution is 5.87. The summed E-state index contributed by atoms with van der Waals surface area (Å²) < 4.78 is 0. The summed E-state index contributed by atoms with van der Waals surface area (Å²) in [6.07, 6.45) is 4.46. The fourth-order valence-electron chi connectivity index (χ4n) is 3.44. The van der Waals surface area contributed by atoms with E-state index >= 15 is 0 Å². The molecular weight excluding hydrogens is 318 g/mol. The molecule has 2 aliphatic heterocycles. The zero-order valence-electron chi connectivity index (χ0n) is 14.8. The first-order valence-corrected chi connectivity index (χ1v) is 9.13. The minimum absolute atomic E-state index is 0.0618. The van der Waals surface area contributed by atoms with E-state index in [0.717, 1.165) is 31.6 Å². The number of nitrogens with zero attached hydrogens (tertiary/aromatic N) is 3. The summed E-state index contributed by atoms with van der Waals surface area (Å²) in [5.41, 5.74) is 1.05. The van der Waals surface area contributed by atoms with E-state index in [0.29, 0.717) is 26.1 Å². The van der Waals surface area contributed by atoms with Gasteiger partial charge in [-0.15, -0.1) is 0 Å². The van der Waals surface area contributed by atoms with Crippen LogP contribution >= 0.6 is 0 Å². The molecule has 1 aromatic heterocycles. The molecule has 1 aromatic rings. The van der Waals surface area contributed by atoms with Crippen LogP contribution in [0.4, 0.5) is 4.79 Å². The smallest absolute Gasteiger partial charge is 0.318 e. The summed E-state index contributed by atoms with van der Waals surface area (Å²) in [5, 5.41) is 5.75. The van der Waals surface area contributed by atoms with Gasteiger partial charge in [0.25, 0.3) is 0 Å². The molecule has 7 heteroatoms. The molecule has 0 radical (unpaired) electrons. The normalized spacial score (nSPS) is 23.5. The van der Waals surface area contributed by atoms with Gasteiger partial charge in [-0.05, 0) is 38.3 Å². The molecule has 0 spiro atoms. The monoisotopic (exact) mass is 345 g/mol. The average Bonchev–Trinajstić information content (AvgIpc) is 2.86. The van der Waals surface area contributed by atoms with Crippen molar-refractivity contribution in [2.75, 3.05) is 32.7 Å². The predicted molar refractivity (Wildman–Crippen MR) is 95.0 cm³/mol. The molecule has 3 rings (SSSR count). The van der Waals surface area contributed by atoms with Crippen LogP contribution in [0, 0.1) is 0 Å². The number of rotatable bonds is 3. The minimum Gasteiger partial charge on any atom is -0.354 e. The van der Waals surface area contributed by atoms with E-state index in [-0.39, 0.29) is 18.0 Å². The Balaban J connectivity index is 1.50. The number of amides is 3. The van der Waals surface area contributed by atoms with E-state index in [1.54, 1.807) is 4.90 Å². The maximum Gasteiger partial charge on any atom is 0.318 e. The van der Waals surface area contributed by atoms with Crippen molar-refractivity contribution in [3.8, 4) is 0 Å². The quantitative estimate of drug-likeness (QED) is 0.861. The van der Waals surface area contributed by atoms with Gasteiger partial charge in [-0.1, -0.05) is 6.07 Å². The third kappa shape index (κ3) is 4.48. The Labute approximate surface area is 148 Å². The topological polar surface area (TPSA) is 77.6 Å². The van der Waals surface area contributed by atoms with E-state index < -0.39 is 6.04 Å². The first-order valence-electron chi connectivity index (χ1n) is 9.13. The van der Waals surface area contributed by atoms with E-state index in [1.807, 2.05) is 24.4 Å². The number of hydrogen-bond acceptors (Lipinski definition) is 4. The van der Waals surface area contributed by atoms with Crippen LogP contribution in [-0.4, -0.2) is 65.5 Å². The lowest BCUT2D eigenvalue weighted by Crippen LogP contribution is -2.55. The van der Waals surface area contributed by atoms with Crippen molar-refractivity contribution >= 4 is 11.9 Å². The molecule has 0 bridgehead atoms. The predicted octanol–water partition coefficient (Wildman–Crippen LogP) is 1.14. The van der Waals surface area contributed by atoms with Crippen molar-refractivity contribution in [1.29, 1.82) is 0 Å². The molecule has 2 unspecified atom stereocenters. The van der Waals surface area contributed by atoms with Crippen molar-refractivity contribution in [1.82, 2.24) is 25.4 Å². The summed E-state index contributed by atoms with van der Waals surface area (Å²) in [6.45, 7) is 5.79.